The number of carbonyl (C=O) groups is 1. The van der Waals surface area contributed by atoms with Crippen LogP contribution in [0, 0.1) is 11.3 Å². The van der Waals surface area contributed by atoms with E-state index in [9.17, 15) is 4.79 Å². The van der Waals surface area contributed by atoms with E-state index in [4.69, 9.17) is 10.00 Å². The van der Waals surface area contributed by atoms with Crippen LogP contribution < -0.4 is 4.74 Å². The monoisotopic (exact) mass is 373 g/mol. The lowest BCUT2D eigenvalue weighted by Crippen LogP contribution is -2.32. The number of carbonyl (C=O) groups excluding carboxylic acids is 1. The van der Waals surface area contributed by atoms with Crippen molar-refractivity contribution in [2.75, 3.05) is 13.1 Å². The molecule has 0 saturated carbocycles. The van der Waals surface area contributed by atoms with E-state index in [0.717, 1.165) is 11.3 Å². The van der Waals surface area contributed by atoms with Gasteiger partial charge in [-0.05, 0) is 12.1 Å². The van der Waals surface area contributed by atoms with E-state index < -0.39 is 0 Å². The Hall–Kier alpha value is -3.66. The van der Waals surface area contributed by atoms with Crippen molar-refractivity contribution in [3.63, 3.8) is 0 Å². The quantitative estimate of drug-likeness (QED) is 0.702. The zero-order valence-electron chi connectivity index (χ0n) is 15.4. The van der Waals surface area contributed by atoms with Gasteiger partial charge in [0, 0.05) is 37.8 Å². The first-order chi connectivity index (χ1) is 13.6. The molecule has 1 saturated heterocycles. The Morgan fingerprint density at radius 1 is 1.25 bits per heavy atom. The molecule has 0 bridgehead atoms. The second-order valence-corrected chi connectivity index (χ2v) is 6.68. The predicted molar refractivity (Wildman–Crippen MR) is 103 cm³/mol. The molecule has 0 spiro atoms. The third-order valence-electron chi connectivity index (χ3n) is 4.75. The number of ether oxygens (including phenoxy) is 1. The summed E-state index contributed by atoms with van der Waals surface area (Å²) in [6.07, 6.45) is 2.12. The number of likely N-dealkylation sites (tertiary alicyclic amines) is 1. The molecule has 4 rings (SSSR count). The van der Waals surface area contributed by atoms with E-state index in [2.05, 4.69) is 16.2 Å². The van der Waals surface area contributed by atoms with Gasteiger partial charge in [0.05, 0.1) is 23.9 Å². The van der Waals surface area contributed by atoms with Crippen molar-refractivity contribution in [2.45, 2.75) is 12.5 Å². The van der Waals surface area contributed by atoms with Gasteiger partial charge in [-0.15, -0.1) is 0 Å². The third kappa shape index (κ3) is 3.58. The molecule has 140 valence electrons. The van der Waals surface area contributed by atoms with E-state index in [1.807, 2.05) is 36.4 Å². The van der Waals surface area contributed by atoms with Crippen LogP contribution in [0.5, 0.6) is 5.88 Å². The minimum atomic E-state index is -0.146. The van der Waals surface area contributed by atoms with Crippen molar-refractivity contribution in [3.05, 3.63) is 66.0 Å². The van der Waals surface area contributed by atoms with Gasteiger partial charge < -0.3 is 9.64 Å². The van der Waals surface area contributed by atoms with Gasteiger partial charge in [0.2, 0.25) is 5.88 Å². The standard InChI is InChI=1S/C21H19N5O2/c1-25-19(12-18(24-25)16-5-3-2-4-6-16)21(27)26-10-8-17(14-26)28-20-11-15(13-22)7-9-23-20/h2-7,9,11-12,17H,8,10,14H2,1H3. The number of hydrogen-bond donors (Lipinski definition) is 0. The molecule has 2 aromatic heterocycles. The van der Waals surface area contributed by atoms with Crippen molar-refractivity contribution in [3.8, 4) is 23.2 Å². The molecule has 3 aromatic rings. The summed E-state index contributed by atoms with van der Waals surface area (Å²) in [5.74, 6) is 0.340. The Balaban J connectivity index is 1.45. The topological polar surface area (TPSA) is 84.0 Å². The third-order valence-corrected chi connectivity index (χ3v) is 4.75. The first-order valence-electron chi connectivity index (χ1n) is 9.05. The van der Waals surface area contributed by atoms with Crippen molar-refractivity contribution in [1.29, 1.82) is 5.26 Å². The van der Waals surface area contributed by atoms with Crippen LogP contribution in [0.4, 0.5) is 0 Å². The number of rotatable bonds is 4. The van der Waals surface area contributed by atoms with Crippen LogP contribution >= 0.6 is 0 Å². The summed E-state index contributed by atoms with van der Waals surface area (Å²) in [4.78, 5) is 18.9. The summed E-state index contributed by atoms with van der Waals surface area (Å²) >= 11 is 0. The van der Waals surface area contributed by atoms with Crippen LogP contribution in [-0.4, -0.2) is 44.8 Å². The summed E-state index contributed by atoms with van der Waals surface area (Å²) in [5, 5.41) is 13.5. The molecule has 3 heterocycles. The number of amides is 1. The van der Waals surface area contributed by atoms with Crippen molar-refractivity contribution >= 4 is 5.91 Å². The molecule has 7 nitrogen and oxygen atoms in total. The molecule has 0 aliphatic carbocycles. The van der Waals surface area contributed by atoms with Crippen molar-refractivity contribution in [1.82, 2.24) is 19.7 Å². The van der Waals surface area contributed by atoms with E-state index in [0.29, 0.717) is 36.6 Å². The second-order valence-electron chi connectivity index (χ2n) is 6.68. The predicted octanol–water partition coefficient (Wildman–Crippen LogP) is 2.65. The highest BCUT2D eigenvalue weighted by Crippen LogP contribution is 2.22. The van der Waals surface area contributed by atoms with Crippen molar-refractivity contribution < 1.29 is 9.53 Å². The lowest BCUT2D eigenvalue weighted by Gasteiger charge is -2.17. The number of nitriles is 1. The number of aryl methyl sites for hydroxylation is 1. The van der Waals surface area contributed by atoms with Gasteiger partial charge >= 0.3 is 0 Å². The summed E-state index contributed by atoms with van der Waals surface area (Å²) in [6.45, 7) is 1.08. The Morgan fingerprint density at radius 3 is 2.86 bits per heavy atom. The molecule has 0 radical (unpaired) electrons. The molecule has 28 heavy (non-hydrogen) atoms. The largest absolute Gasteiger partial charge is 0.472 e. The first kappa shape index (κ1) is 17.7. The molecule has 0 N–H and O–H groups in total. The second kappa shape index (κ2) is 7.53. The first-order valence-corrected chi connectivity index (χ1v) is 9.05. The number of nitrogens with zero attached hydrogens (tertiary/aromatic N) is 5. The molecule has 1 aliphatic rings. The zero-order valence-corrected chi connectivity index (χ0v) is 15.4. The average molecular weight is 373 g/mol. The van der Waals surface area contributed by atoms with E-state index in [-0.39, 0.29) is 12.0 Å². The van der Waals surface area contributed by atoms with Crippen LogP contribution in [0.2, 0.25) is 0 Å². The maximum absolute atomic E-state index is 13.0. The Kier molecular flexibility index (Phi) is 4.77. The molecular formula is C21H19N5O2. The smallest absolute Gasteiger partial charge is 0.272 e. The maximum Gasteiger partial charge on any atom is 0.272 e. The number of benzene rings is 1. The summed E-state index contributed by atoms with van der Waals surface area (Å²) in [6, 6.07) is 16.9. The van der Waals surface area contributed by atoms with Crippen molar-refractivity contribution in [2.24, 2.45) is 7.05 Å². The van der Waals surface area contributed by atoms with Gasteiger partial charge in [0.15, 0.2) is 0 Å². The lowest BCUT2D eigenvalue weighted by molar-refractivity contribution is 0.0760. The van der Waals surface area contributed by atoms with Gasteiger partial charge in [-0.1, -0.05) is 30.3 Å². The Bertz CT molecular complexity index is 1040. The van der Waals surface area contributed by atoms with Gasteiger partial charge in [-0.2, -0.15) is 10.4 Å². The van der Waals surface area contributed by atoms with Gasteiger partial charge in [0.1, 0.15) is 11.8 Å². The fourth-order valence-electron chi connectivity index (χ4n) is 3.30. The summed E-state index contributed by atoms with van der Waals surface area (Å²) in [7, 11) is 1.78. The van der Waals surface area contributed by atoms with Crippen LogP contribution in [0.1, 0.15) is 22.5 Å². The average Bonchev–Trinajstić information content (AvgIpc) is 3.35. The zero-order chi connectivity index (χ0) is 19.5. The summed E-state index contributed by atoms with van der Waals surface area (Å²) in [5.41, 5.74) is 2.79. The van der Waals surface area contributed by atoms with Gasteiger partial charge in [0.25, 0.3) is 5.91 Å². The van der Waals surface area contributed by atoms with E-state index >= 15 is 0 Å². The van der Waals surface area contributed by atoms with Gasteiger partial charge in [-0.3, -0.25) is 9.48 Å². The minimum Gasteiger partial charge on any atom is -0.472 e. The van der Waals surface area contributed by atoms with Crippen LogP contribution in [0.15, 0.2) is 54.7 Å². The van der Waals surface area contributed by atoms with Crippen LogP contribution in [0.25, 0.3) is 11.3 Å². The van der Waals surface area contributed by atoms with Crippen LogP contribution in [-0.2, 0) is 7.05 Å². The minimum absolute atomic E-state index is 0.0676. The molecule has 1 aromatic carbocycles. The number of aromatic nitrogens is 3. The normalized spacial score (nSPS) is 16.0. The Morgan fingerprint density at radius 2 is 2.07 bits per heavy atom. The molecule has 1 aliphatic heterocycles. The van der Waals surface area contributed by atoms with Crippen LogP contribution in [0.3, 0.4) is 0 Å². The fourth-order valence-corrected chi connectivity index (χ4v) is 3.30. The van der Waals surface area contributed by atoms with Gasteiger partial charge in [-0.25, -0.2) is 4.98 Å². The lowest BCUT2D eigenvalue weighted by atomic mass is 10.1. The SMILES string of the molecule is Cn1nc(-c2ccccc2)cc1C(=O)N1CCC(Oc2cc(C#N)ccn2)C1. The molecule has 1 unspecified atom stereocenters. The highest BCUT2D eigenvalue weighted by Gasteiger charge is 2.30. The number of hydrogen-bond acceptors (Lipinski definition) is 5. The van der Waals surface area contributed by atoms with E-state index in [1.54, 1.807) is 35.0 Å². The highest BCUT2D eigenvalue weighted by atomic mass is 16.5. The Labute approximate surface area is 162 Å². The molecule has 1 fully saturated rings. The highest BCUT2D eigenvalue weighted by molar-refractivity contribution is 5.94. The summed E-state index contributed by atoms with van der Waals surface area (Å²) < 4.78 is 7.48. The van der Waals surface area contributed by atoms with E-state index in [1.165, 1.54) is 0 Å². The molecule has 1 amide bonds. The maximum atomic E-state index is 13.0. The molecule has 7 heteroatoms. The molecule has 1 atom stereocenters. The molecular weight excluding hydrogens is 354 g/mol. The fraction of sp³-hybridized carbons (Fsp3) is 0.238. The number of pyridine rings is 1.